The van der Waals surface area contributed by atoms with Crippen LogP contribution in [-0.2, 0) is 14.9 Å². The van der Waals surface area contributed by atoms with Crippen LogP contribution in [0.25, 0.3) is 0 Å². The zero-order valence-corrected chi connectivity index (χ0v) is 13.0. The van der Waals surface area contributed by atoms with Crippen molar-refractivity contribution >= 4 is 22.3 Å². The minimum atomic E-state index is -0.0544. The van der Waals surface area contributed by atoms with Crippen LogP contribution in [0.2, 0.25) is 0 Å². The van der Waals surface area contributed by atoms with Crippen molar-refractivity contribution in [3.8, 4) is 0 Å². The summed E-state index contributed by atoms with van der Waals surface area (Å²) in [5, 5.41) is 1.33. The predicted octanol–water partition coefficient (Wildman–Crippen LogP) is 3.44. The Morgan fingerprint density at radius 3 is 2.42 bits per heavy atom. The molecule has 0 radical (unpaired) electrons. The van der Waals surface area contributed by atoms with Crippen molar-refractivity contribution in [1.29, 1.82) is 0 Å². The van der Waals surface area contributed by atoms with Gasteiger partial charge in [-0.05, 0) is 30.4 Å². The van der Waals surface area contributed by atoms with Crippen molar-refractivity contribution in [3.63, 3.8) is 0 Å². The molecule has 2 rings (SSSR count). The van der Waals surface area contributed by atoms with E-state index in [-0.39, 0.29) is 17.3 Å². The average molecular weight is 281 g/mol. The molecule has 0 amide bonds. The van der Waals surface area contributed by atoms with Gasteiger partial charge in [0.2, 0.25) is 0 Å². The first-order chi connectivity index (χ1) is 8.91. The largest absolute Gasteiger partial charge is 0.469 e. The fourth-order valence-electron chi connectivity index (χ4n) is 2.40. The molecule has 1 saturated heterocycles. The zero-order chi connectivity index (χ0) is 14.0. The van der Waals surface area contributed by atoms with Crippen LogP contribution in [0.1, 0.15) is 38.5 Å². The van der Waals surface area contributed by atoms with E-state index in [1.165, 1.54) is 17.0 Å². The van der Waals surface area contributed by atoms with Gasteiger partial charge in [-0.2, -0.15) is 0 Å². The van der Waals surface area contributed by atoms with Gasteiger partial charge in [0.1, 0.15) is 0 Å². The summed E-state index contributed by atoms with van der Waals surface area (Å²) >= 11 is 1.87. The smallest absolute Gasteiger partial charge is 0.308 e. The number of rotatable bonds is 2. The molecule has 1 aliphatic heterocycles. The van der Waals surface area contributed by atoms with E-state index in [0.717, 1.165) is 25.9 Å². The highest BCUT2D eigenvalue weighted by molar-refractivity contribution is 7.16. The molecule has 0 bridgehead atoms. The molecule has 0 atom stereocenters. The highest BCUT2D eigenvalue weighted by atomic mass is 32.1. The Morgan fingerprint density at radius 2 is 1.95 bits per heavy atom. The lowest BCUT2D eigenvalue weighted by Crippen LogP contribution is -2.36. The molecule has 0 N–H and O–H groups in total. The minimum Gasteiger partial charge on any atom is -0.469 e. The van der Waals surface area contributed by atoms with Crippen LogP contribution in [0.3, 0.4) is 0 Å². The Labute approximate surface area is 119 Å². The summed E-state index contributed by atoms with van der Waals surface area (Å²) in [6.45, 7) is 8.62. The Balaban J connectivity index is 1.98. The van der Waals surface area contributed by atoms with Gasteiger partial charge in [0.05, 0.1) is 18.0 Å². The Morgan fingerprint density at radius 1 is 1.32 bits per heavy atom. The van der Waals surface area contributed by atoms with Crippen LogP contribution in [0.15, 0.2) is 12.1 Å². The van der Waals surface area contributed by atoms with E-state index < -0.39 is 0 Å². The number of anilines is 1. The summed E-state index contributed by atoms with van der Waals surface area (Å²) in [5.74, 6) is 0.0320. The third kappa shape index (κ3) is 3.30. The second-order valence-corrected chi connectivity index (χ2v) is 7.23. The van der Waals surface area contributed by atoms with Gasteiger partial charge in [0.15, 0.2) is 0 Å². The highest BCUT2D eigenvalue weighted by Crippen LogP contribution is 2.35. The van der Waals surface area contributed by atoms with Crippen LogP contribution in [0.4, 0.5) is 5.00 Å². The molecular weight excluding hydrogens is 258 g/mol. The molecular formula is C15H23NO2S. The first-order valence-electron chi connectivity index (χ1n) is 6.85. The lowest BCUT2D eigenvalue weighted by atomic mass is 9.95. The van der Waals surface area contributed by atoms with E-state index in [1.54, 1.807) is 0 Å². The first kappa shape index (κ1) is 14.4. The number of nitrogens with zero attached hydrogens (tertiary/aromatic N) is 1. The molecule has 0 spiro atoms. The molecule has 0 saturated carbocycles. The molecule has 4 heteroatoms. The Hall–Kier alpha value is -1.03. The quantitative estimate of drug-likeness (QED) is 0.778. The molecule has 1 aromatic rings. The van der Waals surface area contributed by atoms with E-state index in [9.17, 15) is 4.79 Å². The van der Waals surface area contributed by atoms with Crippen molar-refractivity contribution in [3.05, 3.63) is 17.0 Å². The van der Waals surface area contributed by atoms with Crippen molar-refractivity contribution < 1.29 is 9.53 Å². The van der Waals surface area contributed by atoms with Gasteiger partial charge in [-0.15, -0.1) is 11.3 Å². The summed E-state index contributed by atoms with van der Waals surface area (Å²) in [7, 11) is 1.48. The summed E-state index contributed by atoms with van der Waals surface area (Å²) in [6, 6.07) is 4.44. The van der Waals surface area contributed by atoms with E-state index >= 15 is 0 Å². The SMILES string of the molecule is COC(=O)C1CCN(c2ccc(C(C)(C)C)s2)CC1. The normalized spacial score (nSPS) is 17.6. The van der Waals surface area contributed by atoms with Crippen LogP contribution in [0, 0.1) is 5.92 Å². The van der Waals surface area contributed by atoms with Crippen molar-refractivity contribution in [2.75, 3.05) is 25.1 Å². The maximum atomic E-state index is 11.5. The maximum Gasteiger partial charge on any atom is 0.308 e. The number of thiophene rings is 1. The molecule has 0 aromatic carbocycles. The average Bonchev–Trinajstić information content (AvgIpc) is 2.87. The maximum absolute atomic E-state index is 11.5. The summed E-state index contributed by atoms with van der Waals surface area (Å²) in [6.07, 6.45) is 1.80. The van der Waals surface area contributed by atoms with Gasteiger partial charge in [-0.3, -0.25) is 4.79 Å². The van der Waals surface area contributed by atoms with Crippen LogP contribution >= 0.6 is 11.3 Å². The first-order valence-corrected chi connectivity index (χ1v) is 7.66. The molecule has 1 aromatic heterocycles. The third-order valence-electron chi connectivity index (χ3n) is 3.67. The Bertz CT molecular complexity index is 439. The number of piperidine rings is 1. The molecule has 1 aliphatic rings. The Kier molecular flexibility index (Phi) is 4.19. The molecule has 1 fully saturated rings. The van der Waals surface area contributed by atoms with Gasteiger partial charge >= 0.3 is 5.97 Å². The fourth-order valence-corrected chi connectivity index (χ4v) is 3.52. The number of carbonyl (C=O) groups excluding carboxylic acids is 1. The van der Waals surface area contributed by atoms with Gasteiger partial charge in [0.25, 0.3) is 0 Å². The van der Waals surface area contributed by atoms with Crippen LogP contribution < -0.4 is 4.90 Å². The second-order valence-electron chi connectivity index (χ2n) is 6.17. The number of hydrogen-bond acceptors (Lipinski definition) is 4. The number of hydrogen-bond donors (Lipinski definition) is 0. The minimum absolute atomic E-state index is 0.0544. The molecule has 19 heavy (non-hydrogen) atoms. The number of esters is 1. The molecule has 2 heterocycles. The standard InChI is InChI=1S/C15H23NO2S/c1-15(2,3)12-5-6-13(19-12)16-9-7-11(8-10-16)14(17)18-4/h5-6,11H,7-10H2,1-4H3. The predicted molar refractivity (Wildman–Crippen MR) is 80.0 cm³/mol. The highest BCUT2D eigenvalue weighted by Gasteiger charge is 2.27. The van der Waals surface area contributed by atoms with E-state index in [1.807, 2.05) is 11.3 Å². The van der Waals surface area contributed by atoms with Gasteiger partial charge in [-0.1, -0.05) is 20.8 Å². The third-order valence-corrected chi connectivity index (χ3v) is 5.24. The summed E-state index contributed by atoms with van der Waals surface area (Å²) in [5.41, 5.74) is 0.216. The molecule has 0 aliphatic carbocycles. The number of ether oxygens (including phenoxy) is 1. The second kappa shape index (κ2) is 5.53. The van der Waals surface area contributed by atoms with Crippen molar-refractivity contribution in [2.45, 2.75) is 39.0 Å². The van der Waals surface area contributed by atoms with Crippen molar-refractivity contribution in [2.24, 2.45) is 5.92 Å². The monoisotopic (exact) mass is 281 g/mol. The van der Waals surface area contributed by atoms with Crippen LogP contribution in [-0.4, -0.2) is 26.2 Å². The van der Waals surface area contributed by atoms with E-state index in [2.05, 4.69) is 37.8 Å². The topological polar surface area (TPSA) is 29.5 Å². The van der Waals surface area contributed by atoms with Crippen LogP contribution in [0.5, 0.6) is 0 Å². The van der Waals surface area contributed by atoms with E-state index in [4.69, 9.17) is 4.74 Å². The molecule has 0 unspecified atom stereocenters. The zero-order valence-electron chi connectivity index (χ0n) is 12.2. The van der Waals surface area contributed by atoms with Gasteiger partial charge in [0, 0.05) is 18.0 Å². The van der Waals surface area contributed by atoms with E-state index in [0.29, 0.717) is 0 Å². The summed E-state index contributed by atoms with van der Waals surface area (Å²) < 4.78 is 4.82. The van der Waals surface area contributed by atoms with Gasteiger partial charge in [-0.25, -0.2) is 0 Å². The molecule has 3 nitrogen and oxygen atoms in total. The lowest BCUT2D eigenvalue weighted by molar-refractivity contribution is -0.146. The molecule has 106 valence electrons. The summed E-state index contributed by atoms with van der Waals surface area (Å²) in [4.78, 5) is 15.3. The van der Waals surface area contributed by atoms with Gasteiger partial charge < -0.3 is 9.64 Å². The fraction of sp³-hybridized carbons (Fsp3) is 0.667. The lowest BCUT2D eigenvalue weighted by Gasteiger charge is -2.31. The number of carbonyl (C=O) groups is 1. The van der Waals surface area contributed by atoms with Crippen molar-refractivity contribution in [1.82, 2.24) is 0 Å². The number of methoxy groups -OCH3 is 1.